The van der Waals surface area contributed by atoms with Crippen LogP contribution in [0.2, 0.25) is 0 Å². The quantitative estimate of drug-likeness (QED) is 0.882. The third kappa shape index (κ3) is 2.94. The van der Waals surface area contributed by atoms with Gasteiger partial charge in [0.05, 0.1) is 12.8 Å². The molecule has 0 radical (unpaired) electrons. The molecule has 0 saturated carbocycles. The number of likely N-dealkylation sites (N-methyl/N-ethyl adjacent to an activating group) is 1. The van der Waals surface area contributed by atoms with E-state index in [9.17, 15) is 5.11 Å². The molecular formula is C14H24N2O2. The smallest absolute Gasteiger partial charge is 0.117 e. The molecule has 2 rings (SSSR count). The number of aliphatic hydroxyl groups is 1. The molecule has 1 atom stereocenters. The zero-order valence-electron chi connectivity index (χ0n) is 11.6. The van der Waals surface area contributed by atoms with Crippen molar-refractivity contribution in [2.75, 3.05) is 26.7 Å². The van der Waals surface area contributed by atoms with E-state index in [1.165, 1.54) is 0 Å². The number of hydrogen-bond donors (Lipinski definition) is 1. The Labute approximate surface area is 109 Å². The van der Waals surface area contributed by atoms with Crippen molar-refractivity contribution in [2.45, 2.75) is 38.4 Å². The van der Waals surface area contributed by atoms with Crippen LogP contribution in [0.25, 0.3) is 0 Å². The van der Waals surface area contributed by atoms with E-state index in [4.69, 9.17) is 4.42 Å². The number of piperazine rings is 1. The largest absolute Gasteiger partial charge is 0.468 e. The summed E-state index contributed by atoms with van der Waals surface area (Å²) in [4.78, 5) is 4.81. The Morgan fingerprint density at radius 1 is 1.50 bits per heavy atom. The van der Waals surface area contributed by atoms with Crippen LogP contribution in [0.3, 0.4) is 0 Å². The molecule has 1 N–H and O–H groups in total. The molecule has 1 saturated heterocycles. The molecule has 4 nitrogen and oxygen atoms in total. The molecule has 1 aliphatic rings. The van der Waals surface area contributed by atoms with Crippen molar-refractivity contribution in [2.24, 2.45) is 0 Å². The minimum absolute atomic E-state index is 0.165. The second kappa shape index (κ2) is 5.43. The summed E-state index contributed by atoms with van der Waals surface area (Å²) < 4.78 is 5.44. The standard InChI is InChI=1S/C14H24N2O2/c1-14(2)11-16(10-13-5-4-8-18-13)12(6-7-17)9-15(14)3/h4-5,8,12,17H,6-7,9-11H2,1-3H3. The van der Waals surface area contributed by atoms with Crippen molar-refractivity contribution in [1.29, 1.82) is 0 Å². The predicted octanol–water partition coefficient (Wildman–Crippen LogP) is 1.56. The minimum Gasteiger partial charge on any atom is -0.468 e. The Morgan fingerprint density at radius 3 is 2.89 bits per heavy atom. The van der Waals surface area contributed by atoms with Gasteiger partial charge in [-0.05, 0) is 39.4 Å². The molecule has 0 aromatic carbocycles. The highest BCUT2D eigenvalue weighted by Gasteiger charge is 2.36. The van der Waals surface area contributed by atoms with Crippen LogP contribution in [0.4, 0.5) is 0 Å². The lowest BCUT2D eigenvalue weighted by atomic mass is 9.95. The maximum Gasteiger partial charge on any atom is 0.117 e. The van der Waals surface area contributed by atoms with Crippen molar-refractivity contribution < 1.29 is 9.52 Å². The van der Waals surface area contributed by atoms with Gasteiger partial charge in [-0.1, -0.05) is 0 Å². The summed E-state index contributed by atoms with van der Waals surface area (Å²) in [6.45, 7) is 7.58. The molecule has 18 heavy (non-hydrogen) atoms. The molecular weight excluding hydrogens is 228 g/mol. The van der Waals surface area contributed by atoms with Crippen LogP contribution in [0, 0.1) is 0 Å². The third-order valence-electron chi connectivity index (χ3n) is 4.03. The molecule has 102 valence electrons. The van der Waals surface area contributed by atoms with Crippen LogP contribution >= 0.6 is 0 Å². The first kappa shape index (κ1) is 13.6. The summed E-state index contributed by atoms with van der Waals surface area (Å²) in [5.41, 5.74) is 0.165. The van der Waals surface area contributed by atoms with E-state index in [1.54, 1.807) is 6.26 Å². The fourth-order valence-electron chi connectivity index (χ4n) is 2.64. The van der Waals surface area contributed by atoms with Gasteiger partial charge in [-0.3, -0.25) is 9.80 Å². The fourth-order valence-corrected chi connectivity index (χ4v) is 2.64. The van der Waals surface area contributed by atoms with Gasteiger partial charge in [0.2, 0.25) is 0 Å². The van der Waals surface area contributed by atoms with Crippen molar-refractivity contribution in [3.63, 3.8) is 0 Å². The number of hydrogen-bond acceptors (Lipinski definition) is 4. The molecule has 1 aromatic heterocycles. The second-order valence-electron chi connectivity index (χ2n) is 5.84. The van der Waals surface area contributed by atoms with Gasteiger partial charge in [-0.15, -0.1) is 0 Å². The first-order chi connectivity index (χ1) is 8.53. The highest BCUT2D eigenvalue weighted by atomic mass is 16.3. The normalized spacial score (nSPS) is 25.4. The molecule has 1 aromatic rings. The SMILES string of the molecule is CN1CC(CCO)N(Cc2ccco2)CC1(C)C. The maximum absolute atomic E-state index is 9.21. The topological polar surface area (TPSA) is 39.9 Å². The Balaban J connectivity index is 2.08. The van der Waals surface area contributed by atoms with E-state index < -0.39 is 0 Å². The summed E-state index contributed by atoms with van der Waals surface area (Å²) in [6.07, 6.45) is 2.54. The number of furan rings is 1. The number of aliphatic hydroxyl groups excluding tert-OH is 1. The first-order valence-corrected chi connectivity index (χ1v) is 6.61. The summed E-state index contributed by atoms with van der Waals surface area (Å²) in [6, 6.07) is 4.34. The van der Waals surface area contributed by atoms with Crippen LogP contribution in [0.1, 0.15) is 26.0 Å². The Kier molecular flexibility index (Phi) is 4.10. The molecule has 2 heterocycles. The zero-order chi connectivity index (χ0) is 13.2. The molecule has 0 spiro atoms. The van der Waals surface area contributed by atoms with E-state index >= 15 is 0 Å². The Morgan fingerprint density at radius 2 is 2.28 bits per heavy atom. The highest BCUT2D eigenvalue weighted by molar-refractivity contribution is 5.01. The number of nitrogens with zero attached hydrogens (tertiary/aromatic N) is 2. The summed E-state index contributed by atoms with van der Waals surface area (Å²) in [7, 11) is 2.16. The molecule has 1 fully saturated rings. The van der Waals surface area contributed by atoms with Crippen molar-refractivity contribution in [1.82, 2.24) is 9.80 Å². The van der Waals surface area contributed by atoms with Gasteiger partial charge in [-0.25, -0.2) is 0 Å². The van der Waals surface area contributed by atoms with E-state index in [1.807, 2.05) is 12.1 Å². The van der Waals surface area contributed by atoms with Gasteiger partial charge in [0.15, 0.2) is 0 Å². The Hall–Kier alpha value is -0.840. The van der Waals surface area contributed by atoms with E-state index in [-0.39, 0.29) is 12.1 Å². The zero-order valence-corrected chi connectivity index (χ0v) is 11.6. The number of rotatable bonds is 4. The highest BCUT2D eigenvalue weighted by Crippen LogP contribution is 2.25. The van der Waals surface area contributed by atoms with Crippen LogP contribution in [0.15, 0.2) is 22.8 Å². The molecule has 0 aliphatic carbocycles. The van der Waals surface area contributed by atoms with Crippen LogP contribution in [-0.4, -0.2) is 53.2 Å². The second-order valence-corrected chi connectivity index (χ2v) is 5.84. The lowest BCUT2D eigenvalue weighted by Gasteiger charge is -2.49. The molecule has 1 aliphatic heterocycles. The summed E-state index contributed by atoms with van der Waals surface area (Å²) >= 11 is 0. The first-order valence-electron chi connectivity index (χ1n) is 6.61. The molecule has 1 unspecified atom stereocenters. The van der Waals surface area contributed by atoms with Gasteiger partial charge < -0.3 is 9.52 Å². The van der Waals surface area contributed by atoms with Crippen LogP contribution in [0.5, 0.6) is 0 Å². The third-order valence-corrected chi connectivity index (χ3v) is 4.03. The molecule has 4 heteroatoms. The van der Waals surface area contributed by atoms with E-state index in [0.717, 1.165) is 31.8 Å². The lowest BCUT2D eigenvalue weighted by molar-refractivity contribution is -0.0164. The van der Waals surface area contributed by atoms with Gasteiger partial charge in [0.1, 0.15) is 5.76 Å². The van der Waals surface area contributed by atoms with Gasteiger partial charge in [0, 0.05) is 31.3 Å². The summed E-state index contributed by atoms with van der Waals surface area (Å²) in [5, 5.41) is 9.21. The van der Waals surface area contributed by atoms with E-state index in [2.05, 4.69) is 30.7 Å². The van der Waals surface area contributed by atoms with Gasteiger partial charge in [-0.2, -0.15) is 0 Å². The molecule has 0 amide bonds. The van der Waals surface area contributed by atoms with Gasteiger partial charge in [0.25, 0.3) is 0 Å². The average Bonchev–Trinajstić information content (AvgIpc) is 2.78. The lowest BCUT2D eigenvalue weighted by Crippen LogP contribution is -2.61. The molecule has 0 bridgehead atoms. The maximum atomic E-state index is 9.21. The van der Waals surface area contributed by atoms with E-state index in [0.29, 0.717) is 6.04 Å². The van der Waals surface area contributed by atoms with Gasteiger partial charge >= 0.3 is 0 Å². The van der Waals surface area contributed by atoms with Crippen LogP contribution in [-0.2, 0) is 6.54 Å². The fraction of sp³-hybridized carbons (Fsp3) is 0.714. The minimum atomic E-state index is 0.165. The van der Waals surface area contributed by atoms with Crippen molar-refractivity contribution in [3.8, 4) is 0 Å². The average molecular weight is 252 g/mol. The van der Waals surface area contributed by atoms with Crippen molar-refractivity contribution in [3.05, 3.63) is 24.2 Å². The predicted molar refractivity (Wildman–Crippen MR) is 71.3 cm³/mol. The summed E-state index contributed by atoms with van der Waals surface area (Å²) in [5.74, 6) is 0.998. The monoisotopic (exact) mass is 252 g/mol. The van der Waals surface area contributed by atoms with Crippen molar-refractivity contribution >= 4 is 0 Å². The Bertz CT molecular complexity index is 362. The van der Waals surface area contributed by atoms with Crippen LogP contribution < -0.4 is 0 Å².